The van der Waals surface area contributed by atoms with Crippen molar-refractivity contribution in [1.82, 2.24) is 15.1 Å². The molecular weight excluding hydrogens is 270 g/mol. The maximum atomic E-state index is 12.3. The molecule has 2 unspecified atom stereocenters. The monoisotopic (exact) mass is 297 g/mol. The van der Waals surface area contributed by atoms with E-state index in [0.29, 0.717) is 19.7 Å². The summed E-state index contributed by atoms with van der Waals surface area (Å²) in [5.41, 5.74) is 0. The molecule has 6 heteroatoms. The number of ether oxygens (including phenoxy) is 1. The van der Waals surface area contributed by atoms with E-state index in [4.69, 9.17) is 4.74 Å². The maximum absolute atomic E-state index is 12.3. The van der Waals surface area contributed by atoms with Crippen molar-refractivity contribution in [3.8, 4) is 0 Å². The van der Waals surface area contributed by atoms with Gasteiger partial charge in [-0.25, -0.2) is 0 Å². The minimum Gasteiger partial charge on any atom is -0.368 e. The minimum atomic E-state index is -0.234. The summed E-state index contributed by atoms with van der Waals surface area (Å²) in [6.45, 7) is 8.27. The number of amides is 2. The first-order valence-corrected chi connectivity index (χ1v) is 8.05. The molecule has 0 spiro atoms. The molecule has 6 nitrogen and oxygen atoms in total. The Morgan fingerprint density at radius 3 is 2.57 bits per heavy atom. The van der Waals surface area contributed by atoms with Crippen LogP contribution >= 0.6 is 0 Å². The van der Waals surface area contributed by atoms with Crippen molar-refractivity contribution in [2.75, 3.05) is 39.3 Å². The molecule has 0 bridgehead atoms. The number of carbonyl (C=O) groups excluding carboxylic acids is 2. The van der Waals surface area contributed by atoms with Crippen LogP contribution in [0.1, 0.15) is 33.1 Å². The molecular formula is C15H27N3O3. The lowest BCUT2D eigenvalue weighted by Crippen LogP contribution is -2.56. The number of nitrogens with zero attached hydrogens (tertiary/aromatic N) is 2. The third-order valence-corrected chi connectivity index (χ3v) is 4.31. The van der Waals surface area contributed by atoms with Crippen molar-refractivity contribution in [1.29, 1.82) is 0 Å². The summed E-state index contributed by atoms with van der Waals surface area (Å²) in [5.74, 6) is 0.200. The van der Waals surface area contributed by atoms with Gasteiger partial charge >= 0.3 is 0 Å². The molecule has 0 aromatic heterocycles. The second kappa shape index (κ2) is 7.75. The van der Waals surface area contributed by atoms with Gasteiger partial charge in [0.25, 0.3) is 5.91 Å². The van der Waals surface area contributed by atoms with Crippen LogP contribution in [0.25, 0.3) is 0 Å². The predicted molar refractivity (Wildman–Crippen MR) is 79.9 cm³/mol. The van der Waals surface area contributed by atoms with Gasteiger partial charge in [0, 0.05) is 39.3 Å². The number of nitrogens with one attached hydrogen (secondary N) is 1. The third kappa shape index (κ3) is 4.17. The molecule has 0 aromatic rings. The molecule has 2 heterocycles. The zero-order chi connectivity index (χ0) is 15.2. The number of hydrogen-bond acceptors (Lipinski definition) is 4. The summed E-state index contributed by atoms with van der Waals surface area (Å²) >= 11 is 0. The lowest BCUT2D eigenvalue weighted by Gasteiger charge is -2.38. The van der Waals surface area contributed by atoms with Gasteiger partial charge in [0.15, 0.2) is 0 Å². The van der Waals surface area contributed by atoms with Crippen molar-refractivity contribution < 1.29 is 14.3 Å². The van der Waals surface area contributed by atoms with Crippen molar-refractivity contribution >= 4 is 11.8 Å². The van der Waals surface area contributed by atoms with Crippen LogP contribution in [0.15, 0.2) is 0 Å². The molecule has 0 aliphatic carbocycles. The standard InChI is InChI=1S/C15H27N3O3/c1-3-6-16-14(19)12(2)17-7-9-18(10-8-17)15(20)13-5-4-11-21-13/h12-13H,3-11H2,1-2H3,(H,16,19). The van der Waals surface area contributed by atoms with E-state index in [0.717, 1.165) is 38.9 Å². The van der Waals surface area contributed by atoms with Gasteiger partial charge in [0.05, 0.1) is 6.04 Å². The number of hydrogen-bond donors (Lipinski definition) is 1. The summed E-state index contributed by atoms with van der Waals surface area (Å²) in [7, 11) is 0. The van der Waals surface area contributed by atoms with Gasteiger partial charge in [-0.2, -0.15) is 0 Å². The smallest absolute Gasteiger partial charge is 0.251 e. The topological polar surface area (TPSA) is 61.9 Å². The summed E-state index contributed by atoms with van der Waals surface area (Å²) in [6.07, 6.45) is 2.53. The van der Waals surface area contributed by atoms with Gasteiger partial charge < -0.3 is 15.0 Å². The Bertz CT molecular complexity index is 361. The van der Waals surface area contributed by atoms with E-state index in [-0.39, 0.29) is 24.0 Å². The van der Waals surface area contributed by atoms with Crippen molar-refractivity contribution in [2.45, 2.75) is 45.3 Å². The second-order valence-corrected chi connectivity index (χ2v) is 5.83. The minimum absolute atomic E-state index is 0.0794. The highest BCUT2D eigenvalue weighted by molar-refractivity contribution is 5.82. The Hall–Kier alpha value is -1.14. The largest absolute Gasteiger partial charge is 0.368 e. The van der Waals surface area contributed by atoms with E-state index < -0.39 is 0 Å². The zero-order valence-electron chi connectivity index (χ0n) is 13.1. The third-order valence-electron chi connectivity index (χ3n) is 4.31. The van der Waals surface area contributed by atoms with Crippen LogP contribution in [0.5, 0.6) is 0 Å². The van der Waals surface area contributed by atoms with Crippen LogP contribution in [0, 0.1) is 0 Å². The Morgan fingerprint density at radius 2 is 2.00 bits per heavy atom. The second-order valence-electron chi connectivity index (χ2n) is 5.83. The highest BCUT2D eigenvalue weighted by atomic mass is 16.5. The lowest BCUT2D eigenvalue weighted by molar-refractivity contribution is -0.143. The SMILES string of the molecule is CCCNC(=O)C(C)N1CCN(C(=O)C2CCCO2)CC1. The molecule has 2 fully saturated rings. The van der Waals surface area contributed by atoms with Crippen LogP contribution < -0.4 is 5.32 Å². The van der Waals surface area contributed by atoms with E-state index in [1.54, 1.807) is 0 Å². The van der Waals surface area contributed by atoms with Crippen molar-refractivity contribution in [3.63, 3.8) is 0 Å². The summed E-state index contributed by atoms with van der Waals surface area (Å²) in [6, 6.07) is -0.128. The lowest BCUT2D eigenvalue weighted by atomic mass is 10.1. The fourth-order valence-electron chi connectivity index (χ4n) is 2.87. The normalized spacial score (nSPS) is 24.9. The average Bonchev–Trinajstić information content (AvgIpc) is 3.05. The van der Waals surface area contributed by atoms with Gasteiger partial charge in [-0.05, 0) is 26.2 Å². The van der Waals surface area contributed by atoms with Crippen molar-refractivity contribution in [3.05, 3.63) is 0 Å². The highest BCUT2D eigenvalue weighted by Crippen LogP contribution is 2.16. The van der Waals surface area contributed by atoms with Crippen LogP contribution in [0.3, 0.4) is 0 Å². The molecule has 2 atom stereocenters. The van der Waals surface area contributed by atoms with E-state index in [2.05, 4.69) is 10.2 Å². The molecule has 0 saturated carbocycles. The summed E-state index contributed by atoms with van der Waals surface area (Å²) < 4.78 is 5.46. The summed E-state index contributed by atoms with van der Waals surface area (Å²) in [5, 5.41) is 2.93. The fraction of sp³-hybridized carbons (Fsp3) is 0.867. The van der Waals surface area contributed by atoms with E-state index >= 15 is 0 Å². The van der Waals surface area contributed by atoms with Crippen LogP contribution in [0.2, 0.25) is 0 Å². The first-order chi connectivity index (χ1) is 10.1. The van der Waals surface area contributed by atoms with Gasteiger partial charge in [0.1, 0.15) is 6.10 Å². The fourth-order valence-corrected chi connectivity index (χ4v) is 2.87. The average molecular weight is 297 g/mol. The van der Waals surface area contributed by atoms with Gasteiger partial charge in [-0.1, -0.05) is 6.92 Å². The predicted octanol–water partition coefficient (Wildman–Crippen LogP) is 0.224. The molecule has 2 rings (SSSR count). The first-order valence-electron chi connectivity index (χ1n) is 8.05. The molecule has 0 radical (unpaired) electrons. The van der Waals surface area contributed by atoms with E-state index in [9.17, 15) is 9.59 Å². The van der Waals surface area contributed by atoms with Crippen molar-refractivity contribution in [2.24, 2.45) is 0 Å². The summed E-state index contributed by atoms with van der Waals surface area (Å²) in [4.78, 5) is 28.2. The Kier molecular flexibility index (Phi) is 5.99. The molecule has 0 aromatic carbocycles. The number of carbonyl (C=O) groups is 2. The number of piperazine rings is 1. The molecule has 2 aliphatic rings. The Morgan fingerprint density at radius 1 is 1.29 bits per heavy atom. The molecule has 2 amide bonds. The van der Waals surface area contributed by atoms with Gasteiger partial charge in [-0.15, -0.1) is 0 Å². The molecule has 2 aliphatic heterocycles. The van der Waals surface area contributed by atoms with Crippen LogP contribution in [-0.2, 0) is 14.3 Å². The molecule has 120 valence electrons. The van der Waals surface area contributed by atoms with E-state index in [1.807, 2.05) is 18.7 Å². The molecule has 21 heavy (non-hydrogen) atoms. The Labute approximate surface area is 126 Å². The zero-order valence-corrected chi connectivity index (χ0v) is 13.1. The molecule has 1 N–H and O–H groups in total. The van der Waals surface area contributed by atoms with Gasteiger partial charge in [0.2, 0.25) is 5.91 Å². The first kappa shape index (κ1) is 16.2. The Balaban J connectivity index is 1.77. The van der Waals surface area contributed by atoms with E-state index in [1.165, 1.54) is 0 Å². The highest BCUT2D eigenvalue weighted by Gasteiger charge is 2.32. The van der Waals surface area contributed by atoms with Crippen LogP contribution in [0.4, 0.5) is 0 Å². The maximum Gasteiger partial charge on any atom is 0.251 e. The number of rotatable bonds is 5. The quantitative estimate of drug-likeness (QED) is 0.789. The molecule has 2 saturated heterocycles. The van der Waals surface area contributed by atoms with Crippen LogP contribution in [-0.4, -0.2) is 73.1 Å². The van der Waals surface area contributed by atoms with Gasteiger partial charge in [-0.3, -0.25) is 14.5 Å².